The van der Waals surface area contributed by atoms with E-state index in [0.717, 1.165) is 58.7 Å². The maximum Gasteiger partial charge on any atom is 0.256 e. The lowest BCUT2D eigenvalue weighted by Gasteiger charge is -2.40. The first kappa shape index (κ1) is 38.2. The van der Waals surface area contributed by atoms with Gasteiger partial charge in [-0.3, -0.25) is 14.8 Å². The summed E-state index contributed by atoms with van der Waals surface area (Å²) < 4.78 is 19.8. The Hall–Kier alpha value is -4.52. The Bertz CT molecular complexity index is 1790. The van der Waals surface area contributed by atoms with Crippen LogP contribution in [0.4, 0.5) is 0 Å². The van der Waals surface area contributed by atoms with E-state index < -0.39 is 12.2 Å². The molecular formula is C42H47N3O7S. The molecule has 5 atom stereocenters. The molecule has 10 nitrogen and oxygen atoms in total. The molecule has 1 fully saturated rings. The average molecular weight is 738 g/mol. The van der Waals surface area contributed by atoms with Crippen molar-refractivity contribution < 1.29 is 33.8 Å². The maximum atomic E-state index is 12.7. The molecule has 278 valence electrons. The van der Waals surface area contributed by atoms with Gasteiger partial charge in [0.15, 0.2) is 12.1 Å². The van der Waals surface area contributed by atoms with Crippen LogP contribution >= 0.6 is 11.8 Å². The lowest BCUT2D eigenvalue weighted by molar-refractivity contribution is -0.258. The van der Waals surface area contributed by atoms with Gasteiger partial charge in [0, 0.05) is 47.8 Å². The first-order chi connectivity index (χ1) is 25.9. The second-order valence-electron chi connectivity index (χ2n) is 13.5. The van der Waals surface area contributed by atoms with Crippen molar-refractivity contribution in [3.8, 4) is 22.6 Å². The van der Waals surface area contributed by atoms with Crippen LogP contribution in [0.5, 0.6) is 0 Å². The van der Waals surface area contributed by atoms with E-state index in [9.17, 15) is 14.7 Å². The van der Waals surface area contributed by atoms with Crippen LogP contribution in [0.1, 0.15) is 69.1 Å². The van der Waals surface area contributed by atoms with Crippen LogP contribution in [0.3, 0.4) is 0 Å². The van der Waals surface area contributed by atoms with E-state index >= 15 is 0 Å². The van der Waals surface area contributed by atoms with E-state index in [0.29, 0.717) is 30.2 Å². The molecule has 2 heterocycles. The largest absolute Gasteiger partial charge is 0.431 e. The second kappa shape index (κ2) is 19.0. The summed E-state index contributed by atoms with van der Waals surface area (Å²) in [6.07, 6.45) is 9.46. The van der Waals surface area contributed by atoms with Crippen LogP contribution in [-0.2, 0) is 25.7 Å². The Balaban J connectivity index is 1.11. The van der Waals surface area contributed by atoms with Crippen LogP contribution in [0.15, 0.2) is 118 Å². The molecule has 0 saturated carbocycles. The Labute approximate surface area is 314 Å². The number of allylic oxidation sites excluding steroid dienone is 2. The van der Waals surface area contributed by atoms with Crippen molar-refractivity contribution in [2.75, 3.05) is 5.75 Å². The summed E-state index contributed by atoms with van der Waals surface area (Å²) in [6.45, 7) is 2.08. The van der Waals surface area contributed by atoms with Gasteiger partial charge in [0.05, 0.1) is 18.8 Å². The topological polar surface area (TPSA) is 143 Å². The van der Waals surface area contributed by atoms with Crippen LogP contribution in [0.25, 0.3) is 22.6 Å². The standard InChI is InChI=1S/C42H47N3O7S/c1-28-24-33(43-37(47)16-10-2-3-11-17-38(48)45-49)22-23-35(28)41-50-34(25-36(51-41)30-20-18-29(26-46)19-21-30)27-53-42-44-39(31-12-6-4-7-13-31)40(52-42)32-14-8-5-9-15-32/h4-9,12-15,18-24,28,34-36,41,46,49H,2-3,10-11,16-17,25-27H2,1H3,(H,43,47)(H,45,48)/t28?,34-,35+,36+,41?/m1/s1. The number of hydroxylamine groups is 1. The highest BCUT2D eigenvalue weighted by Crippen LogP contribution is 2.40. The summed E-state index contributed by atoms with van der Waals surface area (Å²) in [5.41, 5.74) is 7.00. The molecule has 2 aliphatic rings. The zero-order valence-corrected chi connectivity index (χ0v) is 30.7. The van der Waals surface area contributed by atoms with Crippen LogP contribution in [0.2, 0.25) is 0 Å². The number of rotatable bonds is 16. The van der Waals surface area contributed by atoms with Gasteiger partial charge in [-0.05, 0) is 36.0 Å². The van der Waals surface area contributed by atoms with Gasteiger partial charge in [0.25, 0.3) is 5.22 Å². The molecule has 4 N–H and O–H groups in total. The molecule has 1 aromatic heterocycles. The SMILES string of the molecule is CC1C=C(NC(=O)CCCCCCC(=O)NO)C=C[C@@H]1C1O[C@@H](CSc2nc(-c3ccccc3)c(-c3ccccc3)o2)C[C@@H](c2ccc(CO)cc2)O1. The smallest absolute Gasteiger partial charge is 0.256 e. The fourth-order valence-electron chi connectivity index (χ4n) is 6.64. The maximum absolute atomic E-state index is 12.7. The molecule has 0 spiro atoms. The van der Waals surface area contributed by atoms with E-state index in [2.05, 4.69) is 24.4 Å². The zero-order chi connectivity index (χ0) is 37.0. The van der Waals surface area contributed by atoms with E-state index in [4.69, 9.17) is 24.1 Å². The average Bonchev–Trinajstić information content (AvgIpc) is 3.63. The number of ether oxygens (including phenoxy) is 2. The third-order valence-corrected chi connectivity index (χ3v) is 10.5. The molecule has 6 rings (SSSR count). The number of benzene rings is 3. The van der Waals surface area contributed by atoms with Crippen molar-refractivity contribution in [2.45, 2.75) is 82.2 Å². The van der Waals surface area contributed by atoms with Crippen molar-refractivity contribution in [1.29, 1.82) is 0 Å². The van der Waals surface area contributed by atoms with Gasteiger partial charge in [-0.15, -0.1) is 0 Å². The number of carbonyl (C=O) groups is 2. The number of hydrogen-bond acceptors (Lipinski definition) is 9. The highest BCUT2D eigenvalue weighted by molar-refractivity contribution is 7.99. The quantitative estimate of drug-likeness (QED) is 0.0388. The van der Waals surface area contributed by atoms with Crippen molar-refractivity contribution in [2.24, 2.45) is 11.8 Å². The summed E-state index contributed by atoms with van der Waals surface area (Å²) >= 11 is 1.53. The summed E-state index contributed by atoms with van der Waals surface area (Å²) in [4.78, 5) is 28.8. The number of nitrogens with zero attached hydrogens (tertiary/aromatic N) is 1. The minimum atomic E-state index is -0.533. The number of aliphatic hydroxyl groups excluding tert-OH is 1. The van der Waals surface area contributed by atoms with Crippen LogP contribution in [0, 0.1) is 11.8 Å². The predicted molar refractivity (Wildman–Crippen MR) is 203 cm³/mol. The Morgan fingerprint density at radius 3 is 2.21 bits per heavy atom. The third kappa shape index (κ3) is 10.6. The fraction of sp³-hybridized carbons (Fsp3) is 0.357. The molecule has 2 amide bonds. The predicted octanol–water partition coefficient (Wildman–Crippen LogP) is 8.13. The van der Waals surface area contributed by atoms with E-state index in [1.54, 1.807) is 5.48 Å². The summed E-state index contributed by atoms with van der Waals surface area (Å²) in [5, 5.41) is 21.8. The van der Waals surface area contributed by atoms with Crippen molar-refractivity contribution in [1.82, 2.24) is 15.8 Å². The van der Waals surface area contributed by atoms with Crippen molar-refractivity contribution >= 4 is 23.6 Å². The van der Waals surface area contributed by atoms with Gasteiger partial charge in [0.1, 0.15) is 5.69 Å². The minimum absolute atomic E-state index is 0.0235. The summed E-state index contributed by atoms with van der Waals surface area (Å²) in [5.74, 6) is 0.826. The van der Waals surface area contributed by atoms with Gasteiger partial charge < -0.3 is 24.3 Å². The van der Waals surface area contributed by atoms with Gasteiger partial charge in [-0.1, -0.05) is 129 Å². The molecule has 11 heteroatoms. The molecule has 2 unspecified atom stereocenters. The number of aliphatic hydroxyl groups is 1. The Kier molecular flexibility index (Phi) is 13.7. The number of amides is 2. The lowest BCUT2D eigenvalue weighted by atomic mass is 9.87. The first-order valence-corrected chi connectivity index (χ1v) is 19.3. The normalized spacial score (nSPS) is 21.2. The van der Waals surface area contributed by atoms with Crippen LogP contribution in [-0.4, -0.2) is 45.3 Å². The number of carbonyl (C=O) groups excluding carboxylic acids is 2. The molecular weight excluding hydrogens is 691 g/mol. The van der Waals surface area contributed by atoms with Gasteiger partial charge in [0.2, 0.25) is 11.8 Å². The molecule has 3 aromatic carbocycles. The van der Waals surface area contributed by atoms with Gasteiger partial charge in [-0.25, -0.2) is 10.5 Å². The Morgan fingerprint density at radius 2 is 1.55 bits per heavy atom. The number of thioether (sulfide) groups is 1. The molecule has 0 bridgehead atoms. The molecule has 0 radical (unpaired) electrons. The molecule has 53 heavy (non-hydrogen) atoms. The summed E-state index contributed by atoms with van der Waals surface area (Å²) in [6, 6.07) is 27.9. The Morgan fingerprint density at radius 1 is 0.868 bits per heavy atom. The van der Waals surface area contributed by atoms with E-state index in [1.165, 1.54) is 11.8 Å². The molecule has 1 aliphatic heterocycles. The number of hydrogen-bond donors (Lipinski definition) is 4. The highest BCUT2D eigenvalue weighted by atomic mass is 32.2. The second-order valence-corrected chi connectivity index (χ2v) is 14.5. The number of aromatic nitrogens is 1. The van der Waals surface area contributed by atoms with Crippen LogP contribution < -0.4 is 10.8 Å². The minimum Gasteiger partial charge on any atom is -0.431 e. The van der Waals surface area contributed by atoms with Crippen molar-refractivity contribution in [3.05, 3.63) is 120 Å². The number of oxazole rings is 1. The highest BCUT2D eigenvalue weighted by Gasteiger charge is 2.38. The van der Waals surface area contributed by atoms with E-state index in [-0.39, 0.29) is 43.0 Å². The third-order valence-electron chi connectivity index (χ3n) is 9.55. The number of unbranched alkanes of at least 4 members (excludes halogenated alkanes) is 3. The molecule has 1 aliphatic carbocycles. The fourth-order valence-corrected chi connectivity index (χ4v) is 7.49. The molecule has 4 aromatic rings. The monoisotopic (exact) mass is 737 g/mol. The molecule has 1 saturated heterocycles. The zero-order valence-electron chi connectivity index (χ0n) is 29.9. The van der Waals surface area contributed by atoms with E-state index in [1.807, 2.05) is 91.0 Å². The lowest BCUT2D eigenvalue weighted by Crippen LogP contribution is -2.42. The summed E-state index contributed by atoms with van der Waals surface area (Å²) in [7, 11) is 0. The number of nitrogens with one attached hydrogen (secondary N) is 2. The van der Waals surface area contributed by atoms with Gasteiger partial charge in [-0.2, -0.15) is 0 Å². The van der Waals surface area contributed by atoms with Gasteiger partial charge >= 0.3 is 0 Å². The van der Waals surface area contributed by atoms with Crippen molar-refractivity contribution in [3.63, 3.8) is 0 Å². The first-order valence-electron chi connectivity index (χ1n) is 18.3.